The molecule has 2 rings (SSSR count). The van der Waals surface area contributed by atoms with Crippen molar-refractivity contribution in [3.05, 3.63) is 35.3 Å². The SMILES string of the molecule is CC(NCc1ccc(Cl)o1)c1nncn1C. The fourth-order valence-corrected chi connectivity index (χ4v) is 1.64. The zero-order chi connectivity index (χ0) is 11.5. The third kappa shape index (κ3) is 2.43. The van der Waals surface area contributed by atoms with Crippen LogP contribution >= 0.6 is 11.6 Å². The van der Waals surface area contributed by atoms with Crippen molar-refractivity contribution in [2.75, 3.05) is 0 Å². The third-order valence-electron chi connectivity index (χ3n) is 2.35. The second-order valence-electron chi connectivity index (χ2n) is 3.61. The first-order chi connectivity index (χ1) is 7.66. The first-order valence-corrected chi connectivity index (χ1v) is 5.36. The average Bonchev–Trinajstić information content (AvgIpc) is 2.84. The maximum Gasteiger partial charge on any atom is 0.193 e. The maximum absolute atomic E-state index is 5.68. The number of hydrogen-bond acceptors (Lipinski definition) is 4. The van der Waals surface area contributed by atoms with Gasteiger partial charge in [0, 0.05) is 7.05 Å². The molecule has 0 saturated heterocycles. The first kappa shape index (κ1) is 11.2. The predicted molar refractivity (Wildman–Crippen MR) is 60.0 cm³/mol. The molecule has 0 amide bonds. The van der Waals surface area contributed by atoms with Crippen molar-refractivity contribution >= 4 is 11.6 Å². The molecule has 1 unspecified atom stereocenters. The van der Waals surface area contributed by atoms with Gasteiger partial charge in [-0.15, -0.1) is 10.2 Å². The Morgan fingerprint density at radius 2 is 2.38 bits per heavy atom. The van der Waals surface area contributed by atoms with E-state index in [0.717, 1.165) is 11.6 Å². The van der Waals surface area contributed by atoms with Gasteiger partial charge < -0.3 is 14.3 Å². The highest BCUT2D eigenvalue weighted by Crippen LogP contribution is 2.14. The lowest BCUT2D eigenvalue weighted by molar-refractivity contribution is 0.449. The van der Waals surface area contributed by atoms with Crippen LogP contribution in [0.4, 0.5) is 0 Å². The molecule has 16 heavy (non-hydrogen) atoms. The Morgan fingerprint density at radius 1 is 1.56 bits per heavy atom. The molecule has 2 aromatic rings. The summed E-state index contributed by atoms with van der Waals surface area (Å²) in [6.45, 7) is 2.63. The number of furan rings is 1. The zero-order valence-corrected chi connectivity index (χ0v) is 9.90. The van der Waals surface area contributed by atoms with Crippen LogP contribution in [0.5, 0.6) is 0 Å². The first-order valence-electron chi connectivity index (χ1n) is 4.98. The van der Waals surface area contributed by atoms with Crippen LogP contribution in [0.15, 0.2) is 22.9 Å². The van der Waals surface area contributed by atoms with Crippen LogP contribution in [0, 0.1) is 0 Å². The number of hydrogen-bond donors (Lipinski definition) is 1. The Hall–Kier alpha value is -1.33. The molecule has 0 bridgehead atoms. The molecule has 0 aromatic carbocycles. The molecule has 86 valence electrons. The molecular weight excluding hydrogens is 228 g/mol. The van der Waals surface area contributed by atoms with E-state index < -0.39 is 0 Å². The van der Waals surface area contributed by atoms with Gasteiger partial charge in [-0.1, -0.05) is 0 Å². The van der Waals surface area contributed by atoms with Crippen LogP contribution in [-0.2, 0) is 13.6 Å². The van der Waals surface area contributed by atoms with Crippen molar-refractivity contribution in [1.82, 2.24) is 20.1 Å². The highest BCUT2D eigenvalue weighted by molar-refractivity contribution is 6.28. The molecule has 2 aromatic heterocycles. The number of nitrogens with one attached hydrogen (secondary N) is 1. The molecule has 5 nitrogen and oxygen atoms in total. The minimum absolute atomic E-state index is 0.108. The molecule has 0 aliphatic carbocycles. The van der Waals surface area contributed by atoms with E-state index in [-0.39, 0.29) is 6.04 Å². The fraction of sp³-hybridized carbons (Fsp3) is 0.400. The Bertz CT molecular complexity index is 465. The Labute approximate surface area is 98.4 Å². The molecule has 1 atom stereocenters. The highest BCUT2D eigenvalue weighted by Gasteiger charge is 2.11. The van der Waals surface area contributed by atoms with Gasteiger partial charge in [0.15, 0.2) is 5.22 Å². The smallest absolute Gasteiger partial charge is 0.193 e. The summed E-state index contributed by atoms with van der Waals surface area (Å²) >= 11 is 5.68. The second-order valence-corrected chi connectivity index (χ2v) is 3.98. The van der Waals surface area contributed by atoms with E-state index in [0.29, 0.717) is 11.8 Å². The topological polar surface area (TPSA) is 55.9 Å². The Balaban J connectivity index is 1.93. The summed E-state index contributed by atoms with van der Waals surface area (Å²) in [4.78, 5) is 0. The van der Waals surface area contributed by atoms with Crippen molar-refractivity contribution in [2.45, 2.75) is 19.5 Å². The van der Waals surface area contributed by atoms with Crippen LogP contribution in [0.1, 0.15) is 24.6 Å². The molecule has 0 spiro atoms. The molecule has 0 fully saturated rings. The van der Waals surface area contributed by atoms with Crippen molar-refractivity contribution in [3.8, 4) is 0 Å². The van der Waals surface area contributed by atoms with Gasteiger partial charge in [0.1, 0.15) is 17.9 Å². The number of aromatic nitrogens is 3. The lowest BCUT2D eigenvalue weighted by atomic mass is 10.3. The van der Waals surface area contributed by atoms with Gasteiger partial charge in [0.25, 0.3) is 0 Å². The fourth-order valence-electron chi connectivity index (χ4n) is 1.48. The van der Waals surface area contributed by atoms with Gasteiger partial charge in [-0.2, -0.15) is 0 Å². The number of rotatable bonds is 4. The standard InChI is InChI=1S/C10H13ClN4O/c1-7(10-14-13-6-15(10)2)12-5-8-3-4-9(11)16-8/h3-4,6-7,12H,5H2,1-2H3. The van der Waals surface area contributed by atoms with E-state index in [1.165, 1.54) is 0 Å². The Kier molecular flexibility index (Phi) is 3.26. The Morgan fingerprint density at radius 3 is 2.94 bits per heavy atom. The normalized spacial score (nSPS) is 12.9. The van der Waals surface area contributed by atoms with Crippen LogP contribution < -0.4 is 5.32 Å². The van der Waals surface area contributed by atoms with Crippen molar-refractivity contribution < 1.29 is 4.42 Å². The minimum atomic E-state index is 0.108. The molecule has 2 heterocycles. The quantitative estimate of drug-likeness (QED) is 0.887. The summed E-state index contributed by atoms with van der Waals surface area (Å²) in [7, 11) is 1.91. The molecule has 0 aliphatic rings. The van der Waals surface area contributed by atoms with Gasteiger partial charge in [0.05, 0.1) is 12.6 Å². The van der Waals surface area contributed by atoms with E-state index in [2.05, 4.69) is 15.5 Å². The summed E-state index contributed by atoms with van der Waals surface area (Å²) < 4.78 is 7.12. The lowest BCUT2D eigenvalue weighted by Gasteiger charge is -2.11. The largest absolute Gasteiger partial charge is 0.448 e. The van der Waals surface area contributed by atoms with Crippen molar-refractivity contribution in [3.63, 3.8) is 0 Å². The zero-order valence-electron chi connectivity index (χ0n) is 9.14. The molecule has 1 N–H and O–H groups in total. The van der Waals surface area contributed by atoms with Crippen LogP contribution in [0.3, 0.4) is 0 Å². The van der Waals surface area contributed by atoms with Gasteiger partial charge in [0.2, 0.25) is 0 Å². The van der Waals surface area contributed by atoms with Gasteiger partial charge in [-0.05, 0) is 30.7 Å². The van der Waals surface area contributed by atoms with Gasteiger partial charge in [-0.25, -0.2) is 0 Å². The summed E-state index contributed by atoms with van der Waals surface area (Å²) in [6.07, 6.45) is 1.68. The minimum Gasteiger partial charge on any atom is -0.448 e. The number of nitrogens with zero attached hydrogens (tertiary/aromatic N) is 3. The van der Waals surface area contributed by atoms with E-state index >= 15 is 0 Å². The van der Waals surface area contributed by atoms with Gasteiger partial charge in [-0.3, -0.25) is 0 Å². The third-order valence-corrected chi connectivity index (χ3v) is 2.55. The summed E-state index contributed by atoms with van der Waals surface area (Å²) in [6, 6.07) is 3.68. The number of halogens is 1. The molecule has 0 aliphatic heterocycles. The molecular formula is C10H13ClN4O. The number of aryl methyl sites for hydroxylation is 1. The van der Waals surface area contributed by atoms with E-state index in [4.69, 9.17) is 16.0 Å². The van der Waals surface area contributed by atoms with Gasteiger partial charge >= 0.3 is 0 Å². The van der Waals surface area contributed by atoms with Crippen molar-refractivity contribution in [2.24, 2.45) is 7.05 Å². The second kappa shape index (κ2) is 4.67. The van der Waals surface area contributed by atoms with E-state index in [1.54, 1.807) is 12.4 Å². The van der Waals surface area contributed by atoms with Crippen LogP contribution in [0.2, 0.25) is 5.22 Å². The van der Waals surface area contributed by atoms with Crippen LogP contribution in [-0.4, -0.2) is 14.8 Å². The molecule has 0 radical (unpaired) electrons. The predicted octanol–water partition coefficient (Wildman–Crippen LogP) is 1.91. The average molecular weight is 241 g/mol. The maximum atomic E-state index is 5.68. The summed E-state index contributed by atoms with van der Waals surface area (Å²) in [5, 5.41) is 11.5. The monoisotopic (exact) mass is 240 g/mol. The highest BCUT2D eigenvalue weighted by atomic mass is 35.5. The van der Waals surface area contributed by atoms with Crippen molar-refractivity contribution in [1.29, 1.82) is 0 Å². The summed E-state index contributed by atoms with van der Waals surface area (Å²) in [5.74, 6) is 1.69. The molecule has 6 heteroatoms. The van der Waals surface area contributed by atoms with Crippen LogP contribution in [0.25, 0.3) is 0 Å². The summed E-state index contributed by atoms with van der Waals surface area (Å²) in [5.41, 5.74) is 0. The van der Waals surface area contributed by atoms with E-state index in [1.807, 2.05) is 24.6 Å². The van der Waals surface area contributed by atoms with E-state index in [9.17, 15) is 0 Å². The lowest BCUT2D eigenvalue weighted by Crippen LogP contribution is -2.20. The molecule has 0 saturated carbocycles.